The van der Waals surface area contributed by atoms with Crippen molar-refractivity contribution in [3.8, 4) is 6.07 Å². The van der Waals surface area contributed by atoms with Crippen molar-refractivity contribution < 1.29 is 14.7 Å². The molecule has 1 heterocycles. The summed E-state index contributed by atoms with van der Waals surface area (Å²) < 4.78 is 2.05. The Hall–Kier alpha value is -3.20. The molecule has 9 atom stereocenters. The number of carboxylic acid groups (broad SMARTS) is 1. The lowest BCUT2D eigenvalue weighted by Crippen LogP contribution is -2.65. The number of carboxylic acids is 1. The third-order valence-corrected chi connectivity index (χ3v) is 14.9. The number of aliphatic carboxylic acids is 1. The maximum atomic E-state index is 13.7. The molecular formula is C41H53N3O3. The van der Waals surface area contributed by atoms with E-state index in [0.717, 1.165) is 50.5 Å². The van der Waals surface area contributed by atoms with Gasteiger partial charge in [0.05, 0.1) is 24.7 Å². The number of nitriles is 1. The Morgan fingerprint density at radius 2 is 1.72 bits per heavy atom. The lowest BCUT2D eigenvalue weighted by Gasteiger charge is -2.71. The van der Waals surface area contributed by atoms with Gasteiger partial charge in [-0.25, -0.2) is 0 Å². The molecule has 6 heteroatoms. The quantitative estimate of drug-likeness (QED) is 0.362. The molecule has 0 amide bonds. The zero-order valence-electron chi connectivity index (χ0n) is 29.5. The SMILES string of the molecule is CC1(C)CC2C3=C(c4cnn(Cc5ccccc5)c4)CC4C5(C)CC(C#N)C(=O)C(C)(C)C5CCC4(C)C3(C)CCC2[C@H](C(=O)O)C1. The fraction of sp³-hybridized carbons (Fsp3) is 0.659. The lowest BCUT2D eigenvalue weighted by molar-refractivity contribution is -0.186. The summed E-state index contributed by atoms with van der Waals surface area (Å²) in [6, 6.07) is 12.9. The first-order chi connectivity index (χ1) is 22.1. The molecule has 5 aliphatic carbocycles. The summed E-state index contributed by atoms with van der Waals surface area (Å²) in [6.45, 7) is 16.9. The molecule has 0 aliphatic heterocycles. The molecule has 4 fully saturated rings. The number of carbonyl (C=O) groups is 2. The molecule has 1 N–H and O–H groups in total. The molecular weight excluding hydrogens is 582 g/mol. The van der Waals surface area contributed by atoms with E-state index in [1.165, 1.54) is 16.7 Å². The number of allylic oxidation sites excluding steroid dienone is 2. The van der Waals surface area contributed by atoms with Crippen LogP contribution < -0.4 is 0 Å². The van der Waals surface area contributed by atoms with E-state index in [-0.39, 0.29) is 51.1 Å². The van der Waals surface area contributed by atoms with Crippen molar-refractivity contribution in [3.63, 3.8) is 0 Å². The van der Waals surface area contributed by atoms with E-state index in [1.807, 2.05) is 10.7 Å². The highest BCUT2D eigenvalue weighted by Gasteiger charge is 2.69. The molecule has 5 aliphatic rings. The van der Waals surface area contributed by atoms with Crippen LogP contribution in [0.25, 0.3) is 5.57 Å². The fourth-order valence-electron chi connectivity index (χ4n) is 12.7. The van der Waals surface area contributed by atoms with E-state index < -0.39 is 17.3 Å². The van der Waals surface area contributed by atoms with Gasteiger partial charge in [0.2, 0.25) is 0 Å². The summed E-state index contributed by atoms with van der Waals surface area (Å²) in [4.78, 5) is 26.5. The second-order valence-electron chi connectivity index (χ2n) is 18.2. The maximum absolute atomic E-state index is 13.7. The second-order valence-corrected chi connectivity index (χ2v) is 18.2. The number of rotatable bonds is 4. The van der Waals surface area contributed by atoms with Gasteiger partial charge >= 0.3 is 5.97 Å². The van der Waals surface area contributed by atoms with Gasteiger partial charge in [0.25, 0.3) is 0 Å². The van der Waals surface area contributed by atoms with Crippen molar-refractivity contribution in [2.24, 2.45) is 62.6 Å². The van der Waals surface area contributed by atoms with Crippen LogP contribution in [0.5, 0.6) is 0 Å². The Balaban J connectivity index is 1.42. The minimum atomic E-state index is -0.640. The minimum Gasteiger partial charge on any atom is -0.481 e. The lowest BCUT2D eigenvalue weighted by atomic mass is 9.33. The van der Waals surface area contributed by atoms with Crippen molar-refractivity contribution in [2.75, 3.05) is 0 Å². The van der Waals surface area contributed by atoms with Gasteiger partial charge < -0.3 is 5.11 Å². The zero-order valence-corrected chi connectivity index (χ0v) is 29.5. The Labute approximate surface area is 281 Å². The highest BCUT2D eigenvalue weighted by Crippen LogP contribution is 2.76. The Morgan fingerprint density at radius 3 is 2.40 bits per heavy atom. The molecule has 0 saturated heterocycles. The molecule has 8 unspecified atom stereocenters. The molecule has 4 saturated carbocycles. The smallest absolute Gasteiger partial charge is 0.306 e. The van der Waals surface area contributed by atoms with Gasteiger partial charge in [0, 0.05) is 17.2 Å². The first kappa shape index (κ1) is 32.4. The highest BCUT2D eigenvalue weighted by molar-refractivity contribution is 5.90. The van der Waals surface area contributed by atoms with Gasteiger partial charge in [0.15, 0.2) is 5.78 Å². The van der Waals surface area contributed by atoms with Gasteiger partial charge in [-0.3, -0.25) is 14.3 Å². The molecule has 47 heavy (non-hydrogen) atoms. The molecule has 0 spiro atoms. The molecule has 1 aromatic carbocycles. The third kappa shape index (κ3) is 4.65. The average Bonchev–Trinajstić information content (AvgIpc) is 3.47. The van der Waals surface area contributed by atoms with Gasteiger partial charge in [-0.2, -0.15) is 10.4 Å². The van der Waals surface area contributed by atoms with Crippen LogP contribution >= 0.6 is 0 Å². The van der Waals surface area contributed by atoms with Crippen LogP contribution in [-0.2, 0) is 16.1 Å². The van der Waals surface area contributed by atoms with Crippen molar-refractivity contribution in [1.82, 2.24) is 9.78 Å². The van der Waals surface area contributed by atoms with Gasteiger partial charge in [-0.05, 0) is 108 Å². The summed E-state index contributed by atoms with van der Waals surface area (Å²) in [5, 5.41) is 25.7. The number of hydrogen-bond donors (Lipinski definition) is 1. The van der Waals surface area contributed by atoms with E-state index >= 15 is 0 Å². The largest absolute Gasteiger partial charge is 0.481 e. The van der Waals surface area contributed by atoms with Crippen LogP contribution in [-0.4, -0.2) is 26.6 Å². The van der Waals surface area contributed by atoms with Gasteiger partial charge in [0.1, 0.15) is 5.92 Å². The van der Waals surface area contributed by atoms with E-state index in [1.54, 1.807) is 0 Å². The Bertz CT molecular complexity index is 1680. The molecule has 6 nitrogen and oxygen atoms in total. The van der Waals surface area contributed by atoms with Crippen molar-refractivity contribution >= 4 is 17.3 Å². The van der Waals surface area contributed by atoms with Crippen molar-refractivity contribution in [1.29, 1.82) is 5.26 Å². The summed E-state index contributed by atoms with van der Waals surface area (Å²) in [7, 11) is 0. The van der Waals surface area contributed by atoms with Crippen LogP contribution in [0.4, 0.5) is 0 Å². The number of fused-ring (bicyclic) bond motifs is 7. The highest BCUT2D eigenvalue weighted by atomic mass is 16.4. The standard InChI is InChI=1S/C41H53N3O3/c1-37(2)19-30-28(31(20-37)36(46)47)13-15-41(7)34(30)29(27-22-43-44(24-27)23-25-11-9-8-10-12-25)17-33-39(5)18-26(21-42)35(45)38(3,4)32(39)14-16-40(33,41)6/h8-12,22,24,26,28,30-33H,13-20,23H2,1-7H3,(H,46,47)/t26?,28?,30?,31-,32?,33?,39?,40?,41?/m1/s1. The second kappa shape index (κ2) is 10.6. The van der Waals surface area contributed by atoms with Crippen LogP contribution in [0.15, 0.2) is 48.3 Å². The van der Waals surface area contributed by atoms with Crippen molar-refractivity contribution in [2.45, 2.75) is 106 Å². The van der Waals surface area contributed by atoms with Gasteiger partial charge in [-0.1, -0.05) is 84.4 Å². The summed E-state index contributed by atoms with van der Waals surface area (Å²) in [5.74, 6) is -0.557. The number of Topliss-reactive ketones (excluding diaryl/α,β-unsaturated/α-hetero) is 1. The molecule has 0 bridgehead atoms. The topological polar surface area (TPSA) is 96.0 Å². The first-order valence-corrected chi connectivity index (χ1v) is 18.0. The van der Waals surface area contributed by atoms with Crippen LogP contribution in [0, 0.1) is 73.9 Å². The van der Waals surface area contributed by atoms with Crippen molar-refractivity contribution in [3.05, 3.63) is 59.4 Å². The van der Waals surface area contributed by atoms with Crippen LogP contribution in [0.3, 0.4) is 0 Å². The van der Waals surface area contributed by atoms with Crippen LogP contribution in [0.1, 0.15) is 111 Å². The van der Waals surface area contributed by atoms with E-state index in [9.17, 15) is 20.0 Å². The summed E-state index contributed by atoms with van der Waals surface area (Å²) >= 11 is 0. The first-order valence-electron chi connectivity index (χ1n) is 18.0. The van der Waals surface area contributed by atoms with E-state index in [4.69, 9.17) is 5.10 Å². The molecule has 250 valence electrons. The van der Waals surface area contributed by atoms with Crippen LogP contribution in [0.2, 0.25) is 0 Å². The number of benzene rings is 1. The minimum absolute atomic E-state index is 0.0289. The molecule has 2 aromatic rings. The number of nitrogens with zero attached hydrogens (tertiary/aromatic N) is 3. The number of hydrogen-bond acceptors (Lipinski definition) is 4. The Kier molecular flexibility index (Phi) is 7.33. The zero-order chi connectivity index (χ0) is 33.7. The maximum Gasteiger partial charge on any atom is 0.306 e. The van der Waals surface area contributed by atoms with Gasteiger partial charge in [-0.15, -0.1) is 0 Å². The van der Waals surface area contributed by atoms with E-state index in [0.29, 0.717) is 18.9 Å². The Morgan fingerprint density at radius 1 is 1.00 bits per heavy atom. The normalized spacial score (nSPS) is 40.3. The predicted molar refractivity (Wildman–Crippen MR) is 183 cm³/mol. The molecule has 7 rings (SSSR count). The fourth-order valence-corrected chi connectivity index (χ4v) is 12.7. The number of ketones is 1. The number of aromatic nitrogens is 2. The summed E-state index contributed by atoms with van der Waals surface area (Å²) in [6.07, 6.45) is 11.5. The third-order valence-electron chi connectivity index (χ3n) is 14.9. The number of carbonyl (C=O) groups excluding carboxylic acids is 1. The molecule has 0 radical (unpaired) electrons. The monoisotopic (exact) mass is 635 g/mol. The van der Waals surface area contributed by atoms with E-state index in [2.05, 4.69) is 91.2 Å². The molecule has 1 aromatic heterocycles. The predicted octanol–water partition coefficient (Wildman–Crippen LogP) is 8.82. The summed E-state index contributed by atoms with van der Waals surface area (Å²) in [5.41, 5.74) is 4.33. The average molecular weight is 636 g/mol.